The second-order valence-electron chi connectivity index (χ2n) is 8.76. The van der Waals surface area contributed by atoms with E-state index in [-0.39, 0.29) is 30.2 Å². The van der Waals surface area contributed by atoms with E-state index in [1.807, 2.05) is 38.2 Å². The first-order chi connectivity index (χ1) is 16.8. The van der Waals surface area contributed by atoms with Gasteiger partial charge in [0.05, 0.1) is 25.8 Å². The number of methoxy groups -OCH3 is 2. The van der Waals surface area contributed by atoms with Crippen LogP contribution in [0.15, 0.2) is 60.8 Å². The highest BCUT2D eigenvalue weighted by molar-refractivity contribution is 5.99. The highest BCUT2D eigenvalue weighted by atomic mass is 19.1. The Bertz CT molecular complexity index is 1220. The van der Waals surface area contributed by atoms with Gasteiger partial charge in [0.15, 0.2) is 0 Å². The summed E-state index contributed by atoms with van der Waals surface area (Å²) in [6, 6.07) is 14.5. The van der Waals surface area contributed by atoms with Crippen molar-refractivity contribution in [3.05, 3.63) is 83.4 Å². The Hall–Kier alpha value is -3.81. The van der Waals surface area contributed by atoms with E-state index in [9.17, 15) is 14.0 Å². The minimum absolute atomic E-state index is 0.113. The van der Waals surface area contributed by atoms with Crippen LogP contribution in [0.25, 0.3) is 0 Å². The lowest BCUT2D eigenvalue weighted by atomic mass is 9.99. The van der Waals surface area contributed by atoms with Crippen LogP contribution in [-0.4, -0.2) is 59.5 Å². The van der Waals surface area contributed by atoms with Gasteiger partial charge in [-0.05, 0) is 55.8 Å². The summed E-state index contributed by atoms with van der Waals surface area (Å²) < 4.78 is 26.8. The predicted octanol–water partition coefficient (Wildman–Crippen LogP) is 4.13. The number of halogens is 1. The fourth-order valence-electron chi connectivity index (χ4n) is 4.53. The average Bonchev–Trinajstić information content (AvgIpc) is 3.34. The summed E-state index contributed by atoms with van der Waals surface area (Å²) in [6.45, 7) is 4.70. The molecule has 0 saturated carbocycles. The monoisotopic (exact) mass is 479 g/mol. The van der Waals surface area contributed by atoms with Crippen LogP contribution in [-0.2, 0) is 11.3 Å². The second kappa shape index (κ2) is 10.2. The topological polar surface area (TPSA) is 64.0 Å². The van der Waals surface area contributed by atoms with Crippen LogP contribution in [0, 0.1) is 5.82 Å². The van der Waals surface area contributed by atoms with Gasteiger partial charge in [0.25, 0.3) is 5.91 Å². The maximum absolute atomic E-state index is 14.1. The maximum atomic E-state index is 14.1. The van der Waals surface area contributed by atoms with Crippen molar-refractivity contribution in [2.24, 2.45) is 0 Å². The van der Waals surface area contributed by atoms with Gasteiger partial charge in [-0.3, -0.25) is 9.59 Å². The van der Waals surface area contributed by atoms with Gasteiger partial charge in [-0.1, -0.05) is 12.1 Å². The highest BCUT2D eigenvalue weighted by Gasteiger charge is 2.34. The molecule has 0 saturated heterocycles. The summed E-state index contributed by atoms with van der Waals surface area (Å²) in [5.41, 5.74) is 1.95. The molecule has 35 heavy (non-hydrogen) atoms. The van der Waals surface area contributed by atoms with E-state index in [0.29, 0.717) is 35.7 Å². The molecule has 1 aliphatic heterocycles. The summed E-state index contributed by atoms with van der Waals surface area (Å²) in [7, 11) is 3.03. The number of ether oxygens (including phenoxy) is 2. The Morgan fingerprint density at radius 3 is 2.54 bits per heavy atom. The molecule has 0 N–H and O–H groups in total. The van der Waals surface area contributed by atoms with E-state index < -0.39 is 6.04 Å². The van der Waals surface area contributed by atoms with E-state index in [4.69, 9.17) is 9.47 Å². The number of amides is 2. The number of carbonyl (C=O) groups excluding carboxylic acids is 2. The van der Waals surface area contributed by atoms with Gasteiger partial charge < -0.3 is 23.8 Å². The molecule has 2 aromatic carbocycles. The maximum Gasteiger partial charge on any atom is 0.258 e. The first-order valence-electron chi connectivity index (χ1n) is 11.6. The fourth-order valence-corrected chi connectivity index (χ4v) is 4.53. The van der Waals surface area contributed by atoms with E-state index in [1.165, 1.54) is 24.1 Å². The number of rotatable bonds is 7. The molecule has 1 aliphatic rings. The molecular formula is C27H30FN3O4. The minimum atomic E-state index is -0.443. The SMILES string of the molecule is COc1ccc(C(=O)N(CC(=O)N2CCn3cccc3C2c2cccc(F)c2)C(C)C)c(OC)c1. The van der Waals surface area contributed by atoms with E-state index in [0.717, 1.165) is 5.69 Å². The predicted molar refractivity (Wildman–Crippen MR) is 130 cm³/mol. The van der Waals surface area contributed by atoms with Gasteiger partial charge in [0, 0.05) is 37.1 Å². The number of carbonyl (C=O) groups is 2. The van der Waals surface area contributed by atoms with Crippen LogP contribution >= 0.6 is 0 Å². The molecule has 1 atom stereocenters. The lowest BCUT2D eigenvalue weighted by Gasteiger charge is -2.39. The van der Waals surface area contributed by atoms with Gasteiger partial charge in [-0.15, -0.1) is 0 Å². The Morgan fingerprint density at radius 2 is 1.86 bits per heavy atom. The van der Waals surface area contributed by atoms with Crippen molar-refractivity contribution in [3.63, 3.8) is 0 Å². The first kappa shape index (κ1) is 24.3. The molecule has 8 heteroatoms. The minimum Gasteiger partial charge on any atom is -0.497 e. The third-order valence-corrected chi connectivity index (χ3v) is 6.35. The molecular weight excluding hydrogens is 449 g/mol. The Morgan fingerprint density at radius 1 is 1.06 bits per heavy atom. The third kappa shape index (κ3) is 4.87. The van der Waals surface area contributed by atoms with Crippen LogP contribution in [0.2, 0.25) is 0 Å². The molecule has 184 valence electrons. The van der Waals surface area contributed by atoms with E-state index in [2.05, 4.69) is 4.57 Å². The zero-order valence-corrected chi connectivity index (χ0v) is 20.4. The molecule has 3 aromatic rings. The van der Waals surface area contributed by atoms with Gasteiger partial charge in [-0.2, -0.15) is 0 Å². The summed E-state index contributed by atoms with van der Waals surface area (Å²) >= 11 is 0. The van der Waals surface area contributed by atoms with Gasteiger partial charge in [-0.25, -0.2) is 4.39 Å². The number of benzene rings is 2. The molecule has 2 amide bonds. The second-order valence-corrected chi connectivity index (χ2v) is 8.76. The lowest BCUT2D eigenvalue weighted by molar-refractivity contribution is -0.135. The zero-order valence-electron chi connectivity index (χ0n) is 20.4. The average molecular weight is 480 g/mol. The van der Waals surface area contributed by atoms with Gasteiger partial charge in [0.1, 0.15) is 23.9 Å². The molecule has 7 nitrogen and oxygen atoms in total. The number of fused-ring (bicyclic) bond motifs is 1. The lowest BCUT2D eigenvalue weighted by Crippen LogP contribution is -2.49. The summed E-state index contributed by atoms with van der Waals surface area (Å²) in [5.74, 6) is 0.0710. The van der Waals surface area contributed by atoms with Crippen molar-refractivity contribution >= 4 is 11.8 Å². The standard InChI is InChI=1S/C27H30FN3O4/c1-18(2)31(27(33)22-11-10-21(34-3)16-24(22)35-4)17-25(32)30-14-13-29-12-6-9-23(29)26(30)19-7-5-8-20(28)15-19/h5-12,15-16,18,26H,13-14,17H2,1-4H3. The van der Waals surface area contributed by atoms with Crippen LogP contribution < -0.4 is 9.47 Å². The van der Waals surface area contributed by atoms with Gasteiger partial charge >= 0.3 is 0 Å². The van der Waals surface area contributed by atoms with Crippen molar-refractivity contribution in [2.75, 3.05) is 27.3 Å². The molecule has 1 unspecified atom stereocenters. The largest absolute Gasteiger partial charge is 0.497 e. The van der Waals surface area contributed by atoms with Crippen LogP contribution in [0.3, 0.4) is 0 Å². The molecule has 0 radical (unpaired) electrons. The summed E-state index contributed by atoms with van der Waals surface area (Å²) in [4.78, 5) is 30.5. The van der Waals surface area contributed by atoms with Crippen LogP contribution in [0.1, 0.15) is 41.5 Å². The van der Waals surface area contributed by atoms with Crippen molar-refractivity contribution in [1.82, 2.24) is 14.4 Å². The zero-order chi connectivity index (χ0) is 25.1. The molecule has 4 rings (SSSR count). The summed E-state index contributed by atoms with van der Waals surface area (Å²) in [6.07, 6.45) is 1.96. The van der Waals surface area contributed by atoms with Crippen molar-refractivity contribution in [3.8, 4) is 11.5 Å². The van der Waals surface area contributed by atoms with Gasteiger partial charge in [0.2, 0.25) is 5.91 Å². The van der Waals surface area contributed by atoms with E-state index >= 15 is 0 Å². The number of hydrogen-bond donors (Lipinski definition) is 0. The van der Waals surface area contributed by atoms with E-state index in [1.54, 1.807) is 36.3 Å². The molecule has 0 bridgehead atoms. The molecule has 0 spiro atoms. The number of aromatic nitrogens is 1. The first-order valence-corrected chi connectivity index (χ1v) is 11.6. The summed E-state index contributed by atoms with van der Waals surface area (Å²) in [5, 5.41) is 0. The van der Waals surface area contributed by atoms with Crippen LogP contribution in [0.5, 0.6) is 11.5 Å². The number of nitrogens with zero attached hydrogens (tertiary/aromatic N) is 3. The molecule has 0 fully saturated rings. The fraction of sp³-hybridized carbons (Fsp3) is 0.333. The number of hydrogen-bond acceptors (Lipinski definition) is 4. The Kier molecular flexibility index (Phi) is 7.10. The van der Waals surface area contributed by atoms with Crippen molar-refractivity contribution in [1.29, 1.82) is 0 Å². The molecule has 2 heterocycles. The van der Waals surface area contributed by atoms with Crippen molar-refractivity contribution in [2.45, 2.75) is 32.5 Å². The smallest absolute Gasteiger partial charge is 0.258 e. The third-order valence-electron chi connectivity index (χ3n) is 6.35. The quantitative estimate of drug-likeness (QED) is 0.511. The van der Waals surface area contributed by atoms with Crippen LogP contribution in [0.4, 0.5) is 4.39 Å². The molecule has 0 aliphatic carbocycles. The normalized spacial score (nSPS) is 15.0. The Balaban J connectivity index is 1.64. The van der Waals surface area contributed by atoms with Crippen molar-refractivity contribution < 1.29 is 23.5 Å². The Labute approximate surface area is 204 Å². The highest BCUT2D eigenvalue weighted by Crippen LogP contribution is 2.33. The molecule has 1 aromatic heterocycles.